The Morgan fingerprint density at radius 3 is 1.88 bits per heavy atom. The van der Waals surface area contributed by atoms with E-state index in [1.807, 2.05) is 20.8 Å². The van der Waals surface area contributed by atoms with Gasteiger partial charge >= 0.3 is 17.9 Å². The highest BCUT2D eigenvalue weighted by molar-refractivity contribution is 5.89. The average molecular weight is 1110 g/mol. The number of allylic oxidation sites excluding steroid dienone is 4. The van der Waals surface area contributed by atoms with Crippen LogP contribution >= 0.6 is 0 Å². The Morgan fingerprint density at radius 2 is 1.31 bits per heavy atom. The van der Waals surface area contributed by atoms with Crippen LogP contribution in [0.1, 0.15) is 114 Å². The molecule has 5 aliphatic carbocycles. The fraction of sp³-hybridized carbons (Fsp3) is 0.839. The van der Waals surface area contributed by atoms with Crippen molar-refractivity contribution in [1.29, 1.82) is 0 Å². The standard InChI is InChI=1S/C56H86O22/c1-11-25(3)46(69)77-43-44(78-47(70)26(4)12-2)56(24-59)28(19-51(43,5)6)27-13-14-32-52(7)17-16-34(53(8,23-58)31(52)15-18-54(32,9)55(27,10)20-33(56)61)73-50-42(76-48-37(64)35(62)29(60)22-71-48)40(39(66)41(75-50)45(67)68)74-49-38(65)36(63)30(21-57)72-49/h11-13,28-44,48-50,57-66H,14-24H2,1-10H3,(H,67,68)/b25-11-,26-12-/t28-,29+,30-,31+,32+,33+,34-,35-,36-,37+,38+,39-,40-,41-,42+,43-,44-,48-,49-,50+,52-,53+,54+,55+,56-/m0/s1. The van der Waals surface area contributed by atoms with E-state index in [-0.39, 0.29) is 24.7 Å². The van der Waals surface area contributed by atoms with Crippen molar-refractivity contribution < 1.29 is 108 Å². The molecule has 0 radical (unpaired) electrons. The van der Waals surface area contributed by atoms with Crippen LogP contribution in [0.5, 0.6) is 0 Å². The zero-order valence-corrected chi connectivity index (χ0v) is 46.5. The van der Waals surface area contributed by atoms with Crippen molar-refractivity contribution in [2.45, 2.75) is 219 Å². The van der Waals surface area contributed by atoms with Gasteiger partial charge in [0.1, 0.15) is 61.0 Å². The first-order valence-electron chi connectivity index (χ1n) is 27.6. The molecular formula is C56H86O22. The number of carboxylic acids is 1. The van der Waals surface area contributed by atoms with Gasteiger partial charge in [0, 0.05) is 22.0 Å². The molecule has 4 saturated carbocycles. The van der Waals surface area contributed by atoms with E-state index in [0.717, 1.165) is 5.57 Å². The lowest BCUT2D eigenvalue weighted by atomic mass is 9.33. The normalized spacial score (nSPS) is 49.3. The molecule has 442 valence electrons. The maximum absolute atomic E-state index is 13.8. The largest absolute Gasteiger partial charge is 0.479 e. The summed E-state index contributed by atoms with van der Waals surface area (Å²) in [6, 6.07) is 0. The average Bonchev–Trinajstić information content (AvgIpc) is 3.77. The summed E-state index contributed by atoms with van der Waals surface area (Å²) in [4.78, 5) is 40.2. The Kier molecular flexibility index (Phi) is 17.4. The van der Waals surface area contributed by atoms with Gasteiger partial charge in [-0.15, -0.1) is 0 Å². The van der Waals surface area contributed by atoms with E-state index < -0.39 is 187 Å². The van der Waals surface area contributed by atoms with Crippen LogP contribution < -0.4 is 0 Å². The molecule has 0 spiro atoms. The van der Waals surface area contributed by atoms with Gasteiger partial charge in [-0.1, -0.05) is 65.3 Å². The van der Waals surface area contributed by atoms with Crippen molar-refractivity contribution in [3.05, 3.63) is 34.9 Å². The van der Waals surface area contributed by atoms with Crippen molar-refractivity contribution in [2.24, 2.45) is 50.2 Å². The molecule has 22 nitrogen and oxygen atoms in total. The van der Waals surface area contributed by atoms with Crippen molar-refractivity contribution >= 4 is 17.9 Å². The molecular weight excluding hydrogens is 1020 g/mol. The smallest absolute Gasteiger partial charge is 0.335 e. The number of esters is 2. The molecule has 3 aliphatic heterocycles. The van der Waals surface area contributed by atoms with E-state index in [4.69, 9.17) is 37.9 Å². The molecule has 0 unspecified atom stereocenters. The summed E-state index contributed by atoms with van der Waals surface area (Å²) in [5.74, 6) is -3.75. The van der Waals surface area contributed by atoms with Gasteiger partial charge in [-0.05, 0) is 107 Å². The number of hydrogen-bond donors (Lipinski definition) is 11. The Balaban J connectivity index is 1.13. The highest BCUT2D eigenvalue weighted by atomic mass is 16.8. The third kappa shape index (κ3) is 9.65. The van der Waals surface area contributed by atoms with Gasteiger partial charge in [-0.25, -0.2) is 14.4 Å². The fourth-order valence-electron chi connectivity index (χ4n) is 15.9. The lowest BCUT2D eigenvalue weighted by molar-refractivity contribution is -0.381. The molecule has 22 heteroatoms. The van der Waals surface area contributed by atoms with E-state index in [9.17, 15) is 70.6 Å². The maximum Gasteiger partial charge on any atom is 0.335 e. The number of carbonyl (C=O) groups excluding carboxylic acids is 2. The summed E-state index contributed by atoms with van der Waals surface area (Å²) >= 11 is 0. The third-order valence-corrected chi connectivity index (χ3v) is 21.0. The van der Waals surface area contributed by atoms with Crippen LogP contribution in [0.4, 0.5) is 0 Å². The SMILES string of the molecule is C/C=C(/C)C(=O)O[C@H]1[C@H](OC(=O)/C(C)=C\C)[C@]2(CO)[C@H](O)C[C@]3(C)C(=CC[C@@H]4[C@@]5(C)CC[C@H](O[C@@H]6O[C@H](C(=O)O)[C@@H](O)[C@H](O[C@@H]7O[C@@H](CO)[C@H](O)[C@H]7O)[C@H]6O[C@@H]6OC[C@@H](O)[C@H](O)[C@H]6O)[C@](C)(CO)[C@@H]5CC[C@]43C)[C@@H]2CC1(C)C. The molecule has 7 fully saturated rings. The van der Waals surface area contributed by atoms with E-state index in [2.05, 4.69) is 26.8 Å². The Bertz CT molecular complexity index is 2320. The molecule has 8 rings (SSSR count). The van der Waals surface area contributed by atoms with Gasteiger partial charge in [-0.2, -0.15) is 0 Å². The van der Waals surface area contributed by atoms with Crippen LogP contribution in [0.3, 0.4) is 0 Å². The number of carboxylic acid groups (broad SMARTS) is 1. The molecule has 3 heterocycles. The first-order chi connectivity index (χ1) is 36.5. The van der Waals surface area contributed by atoms with Crippen LogP contribution in [0.15, 0.2) is 34.9 Å². The summed E-state index contributed by atoms with van der Waals surface area (Å²) in [6.07, 6.45) is -18.9. The number of fused-ring (bicyclic) bond motifs is 7. The highest BCUT2D eigenvalue weighted by Crippen LogP contribution is 2.76. The molecule has 0 amide bonds. The minimum absolute atomic E-state index is 0.0628. The first kappa shape index (κ1) is 61.1. The molecule has 0 aromatic rings. The van der Waals surface area contributed by atoms with Crippen molar-refractivity contribution in [3.63, 3.8) is 0 Å². The number of aliphatic hydroxyl groups excluding tert-OH is 10. The molecule has 78 heavy (non-hydrogen) atoms. The predicted molar refractivity (Wildman–Crippen MR) is 271 cm³/mol. The quantitative estimate of drug-likeness (QED) is 0.0498. The summed E-state index contributed by atoms with van der Waals surface area (Å²) in [6.45, 7) is 16.9. The first-order valence-corrected chi connectivity index (χ1v) is 27.6. The second-order valence-electron chi connectivity index (χ2n) is 25.4. The van der Waals surface area contributed by atoms with Gasteiger partial charge in [0.15, 0.2) is 31.1 Å². The molecule has 3 saturated heterocycles. The number of carbonyl (C=O) groups is 3. The highest BCUT2D eigenvalue weighted by Gasteiger charge is 2.74. The molecule has 0 bridgehead atoms. The predicted octanol–water partition coefficient (Wildman–Crippen LogP) is 0.903. The van der Waals surface area contributed by atoms with Gasteiger partial charge in [-0.3, -0.25) is 0 Å². The minimum Gasteiger partial charge on any atom is -0.479 e. The lowest BCUT2D eigenvalue weighted by Crippen LogP contribution is -2.72. The molecule has 8 aliphatic rings. The van der Waals surface area contributed by atoms with Crippen LogP contribution in [-0.2, 0) is 52.3 Å². The summed E-state index contributed by atoms with van der Waals surface area (Å²) in [5.41, 5.74) is -3.39. The topological polar surface area (TPSA) is 348 Å². The molecule has 25 atom stereocenters. The molecule has 0 aromatic heterocycles. The summed E-state index contributed by atoms with van der Waals surface area (Å²) < 4.78 is 48.9. The lowest BCUT2D eigenvalue weighted by Gasteiger charge is -2.72. The van der Waals surface area contributed by atoms with Gasteiger partial charge in [0.05, 0.1) is 44.1 Å². The molecule has 0 aromatic carbocycles. The second kappa shape index (κ2) is 22.3. The zero-order valence-electron chi connectivity index (χ0n) is 46.5. The van der Waals surface area contributed by atoms with Crippen LogP contribution in [0, 0.1) is 50.2 Å². The van der Waals surface area contributed by atoms with Gasteiger partial charge in [0.25, 0.3) is 0 Å². The van der Waals surface area contributed by atoms with Crippen LogP contribution in [0.2, 0.25) is 0 Å². The monoisotopic (exact) mass is 1110 g/mol. The van der Waals surface area contributed by atoms with E-state index in [0.29, 0.717) is 43.3 Å². The van der Waals surface area contributed by atoms with E-state index >= 15 is 0 Å². The summed E-state index contributed by atoms with van der Waals surface area (Å²) in [5, 5.41) is 122. The number of aliphatic carboxylic acids is 1. The van der Waals surface area contributed by atoms with Crippen LogP contribution in [0.25, 0.3) is 0 Å². The Morgan fingerprint density at radius 1 is 0.692 bits per heavy atom. The third-order valence-electron chi connectivity index (χ3n) is 21.0. The van der Waals surface area contributed by atoms with E-state index in [1.165, 1.54) is 0 Å². The summed E-state index contributed by atoms with van der Waals surface area (Å²) in [7, 11) is 0. The Labute approximate surface area is 455 Å². The van der Waals surface area contributed by atoms with Crippen molar-refractivity contribution in [2.75, 3.05) is 26.4 Å². The number of ether oxygens (including phenoxy) is 8. The molecule has 11 N–H and O–H groups in total. The zero-order chi connectivity index (χ0) is 57.6. The van der Waals surface area contributed by atoms with Crippen molar-refractivity contribution in [1.82, 2.24) is 0 Å². The number of aliphatic hydroxyl groups is 10. The maximum atomic E-state index is 13.8. The van der Waals surface area contributed by atoms with Crippen LogP contribution in [-0.4, -0.2) is 205 Å². The second-order valence-corrected chi connectivity index (χ2v) is 25.4. The fourth-order valence-corrected chi connectivity index (χ4v) is 15.9. The Hall–Kier alpha value is -3.01. The number of rotatable bonds is 14. The minimum atomic E-state index is -2.10. The number of hydrogen-bond acceptors (Lipinski definition) is 21. The van der Waals surface area contributed by atoms with Crippen molar-refractivity contribution in [3.8, 4) is 0 Å². The van der Waals surface area contributed by atoms with Gasteiger partial charge < -0.3 is 94.1 Å². The van der Waals surface area contributed by atoms with Gasteiger partial charge in [0.2, 0.25) is 0 Å². The van der Waals surface area contributed by atoms with E-state index in [1.54, 1.807) is 39.8 Å².